The second-order valence-electron chi connectivity index (χ2n) is 5.28. The van der Waals surface area contributed by atoms with Gasteiger partial charge in [0, 0.05) is 22.5 Å². The lowest BCUT2D eigenvalue weighted by Gasteiger charge is -2.10. The average Bonchev–Trinajstić information content (AvgIpc) is 2.93. The Hall–Kier alpha value is -1.91. The van der Waals surface area contributed by atoms with Gasteiger partial charge in [-0.3, -0.25) is 0 Å². The van der Waals surface area contributed by atoms with Gasteiger partial charge in [0.15, 0.2) is 0 Å². The molecule has 0 unspecified atom stereocenters. The lowest BCUT2D eigenvalue weighted by Crippen LogP contribution is -2.06. The maximum Gasteiger partial charge on any atom is 0.129 e. The zero-order valence-electron chi connectivity index (χ0n) is 13.1. The van der Waals surface area contributed by atoms with Gasteiger partial charge in [-0.2, -0.15) is 0 Å². The molecule has 22 heavy (non-hydrogen) atoms. The zero-order chi connectivity index (χ0) is 15.5. The Labute approximate surface area is 135 Å². The third-order valence-corrected chi connectivity index (χ3v) is 4.81. The van der Waals surface area contributed by atoms with Crippen LogP contribution in [0.4, 0.5) is 0 Å². The standard InChI is InChI=1S/C18H20N2OS/c1-12-7-8-16(13(9-12)10-19-2)22-17-11-20-14-5-4-6-15(21-3)18(14)17/h4-9,11,19-20H,10H2,1-3H3. The summed E-state index contributed by atoms with van der Waals surface area (Å²) in [7, 11) is 3.69. The Kier molecular flexibility index (Phi) is 4.41. The van der Waals surface area contributed by atoms with Crippen LogP contribution in [-0.4, -0.2) is 19.1 Å². The summed E-state index contributed by atoms with van der Waals surface area (Å²) in [6, 6.07) is 12.7. The number of ether oxygens (including phenoxy) is 1. The van der Waals surface area contributed by atoms with Crippen molar-refractivity contribution in [3.05, 3.63) is 53.7 Å². The fraction of sp³-hybridized carbons (Fsp3) is 0.222. The summed E-state index contributed by atoms with van der Waals surface area (Å²) in [5.74, 6) is 0.906. The lowest BCUT2D eigenvalue weighted by molar-refractivity contribution is 0.419. The van der Waals surface area contributed by atoms with E-state index in [0.29, 0.717) is 0 Å². The van der Waals surface area contributed by atoms with E-state index >= 15 is 0 Å². The molecular weight excluding hydrogens is 292 g/mol. The zero-order valence-corrected chi connectivity index (χ0v) is 13.9. The van der Waals surface area contributed by atoms with Crippen LogP contribution in [0, 0.1) is 6.92 Å². The molecule has 0 saturated heterocycles. The predicted octanol–water partition coefficient (Wildman–Crippen LogP) is 4.36. The van der Waals surface area contributed by atoms with Crippen LogP contribution in [0.25, 0.3) is 10.9 Å². The summed E-state index contributed by atoms with van der Waals surface area (Å²) in [5.41, 5.74) is 3.70. The second-order valence-corrected chi connectivity index (χ2v) is 6.36. The van der Waals surface area contributed by atoms with Crippen molar-refractivity contribution in [2.24, 2.45) is 0 Å². The fourth-order valence-electron chi connectivity index (χ4n) is 2.63. The van der Waals surface area contributed by atoms with Crippen molar-refractivity contribution < 1.29 is 4.74 Å². The molecule has 0 saturated carbocycles. The minimum atomic E-state index is 0.865. The molecule has 0 aliphatic rings. The molecule has 0 bridgehead atoms. The monoisotopic (exact) mass is 312 g/mol. The molecular formula is C18H20N2OS. The van der Waals surface area contributed by atoms with Gasteiger partial charge in [-0.1, -0.05) is 35.5 Å². The van der Waals surface area contributed by atoms with Crippen LogP contribution in [0.2, 0.25) is 0 Å². The Morgan fingerprint density at radius 2 is 2.05 bits per heavy atom. The first-order valence-corrected chi connectivity index (χ1v) is 8.10. The van der Waals surface area contributed by atoms with E-state index in [9.17, 15) is 0 Å². The van der Waals surface area contributed by atoms with Crippen LogP contribution in [0.1, 0.15) is 11.1 Å². The quantitative estimate of drug-likeness (QED) is 0.735. The van der Waals surface area contributed by atoms with Crippen molar-refractivity contribution in [2.45, 2.75) is 23.3 Å². The summed E-state index contributed by atoms with van der Waals surface area (Å²) < 4.78 is 5.52. The maximum absolute atomic E-state index is 5.52. The first-order chi connectivity index (χ1) is 10.7. The molecule has 0 spiro atoms. The molecule has 0 fully saturated rings. The van der Waals surface area contributed by atoms with Crippen molar-refractivity contribution in [2.75, 3.05) is 14.2 Å². The number of aromatic amines is 1. The number of methoxy groups -OCH3 is 1. The highest BCUT2D eigenvalue weighted by atomic mass is 32.2. The largest absolute Gasteiger partial charge is 0.496 e. The molecule has 0 amide bonds. The molecule has 0 aliphatic heterocycles. The second kappa shape index (κ2) is 6.46. The molecule has 0 radical (unpaired) electrons. The minimum Gasteiger partial charge on any atom is -0.496 e. The third-order valence-electron chi connectivity index (χ3n) is 3.65. The summed E-state index contributed by atoms with van der Waals surface area (Å²) in [6.07, 6.45) is 2.06. The van der Waals surface area contributed by atoms with Crippen LogP contribution < -0.4 is 10.1 Å². The lowest BCUT2D eigenvalue weighted by atomic mass is 10.1. The van der Waals surface area contributed by atoms with Crippen LogP contribution in [0.5, 0.6) is 5.75 Å². The summed E-state index contributed by atoms with van der Waals surface area (Å²) in [6.45, 7) is 2.99. The molecule has 3 nitrogen and oxygen atoms in total. The number of aryl methyl sites for hydroxylation is 1. The van der Waals surface area contributed by atoms with Crippen LogP contribution in [0.3, 0.4) is 0 Å². The van der Waals surface area contributed by atoms with Gasteiger partial charge in [0.1, 0.15) is 5.75 Å². The molecule has 114 valence electrons. The van der Waals surface area contributed by atoms with Crippen LogP contribution in [-0.2, 0) is 6.54 Å². The van der Waals surface area contributed by atoms with E-state index < -0.39 is 0 Å². The normalized spacial score (nSPS) is 11.0. The highest BCUT2D eigenvalue weighted by Crippen LogP contribution is 2.39. The Morgan fingerprint density at radius 1 is 1.18 bits per heavy atom. The van der Waals surface area contributed by atoms with Gasteiger partial charge in [-0.15, -0.1) is 0 Å². The molecule has 1 aromatic heterocycles. The molecule has 2 N–H and O–H groups in total. The van der Waals surface area contributed by atoms with E-state index in [2.05, 4.69) is 47.7 Å². The van der Waals surface area contributed by atoms with E-state index in [4.69, 9.17) is 4.74 Å². The predicted molar refractivity (Wildman–Crippen MR) is 92.9 cm³/mol. The molecule has 1 heterocycles. The molecule has 3 rings (SSSR count). The first-order valence-electron chi connectivity index (χ1n) is 7.29. The number of hydrogen-bond donors (Lipinski definition) is 2. The van der Waals surface area contributed by atoms with Gasteiger partial charge < -0.3 is 15.0 Å². The molecule has 4 heteroatoms. The third kappa shape index (κ3) is 2.85. The van der Waals surface area contributed by atoms with Crippen molar-refractivity contribution in [1.82, 2.24) is 10.3 Å². The van der Waals surface area contributed by atoms with Gasteiger partial charge in [0.2, 0.25) is 0 Å². The number of aromatic nitrogens is 1. The van der Waals surface area contributed by atoms with Gasteiger partial charge in [0.05, 0.1) is 18.0 Å². The number of nitrogens with one attached hydrogen (secondary N) is 2. The average molecular weight is 312 g/mol. The SMILES string of the molecule is CNCc1cc(C)ccc1Sc1c[nH]c2cccc(OC)c12. The Balaban J connectivity index is 2.04. The van der Waals surface area contributed by atoms with Crippen LogP contribution in [0.15, 0.2) is 52.4 Å². The topological polar surface area (TPSA) is 37.0 Å². The van der Waals surface area contributed by atoms with Crippen molar-refractivity contribution in [3.8, 4) is 5.75 Å². The highest BCUT2D eigenvalue weighted by molar-refractivity contribution is 7.99. The van der Waals surface area contributed by atoms with E-state index in [1.54, 1.807) is 18.9 Å². The van der Waals surface area contributed by atoms with Crippen LogP contribution >= 0.6 is 11.8 Å². The molecule has 0 atom stereocenters. The van der Waals surface area contributed by atoms with Crippen molar-refractivity contribution in [3.63, 3.8) is 0 Å². The summed E-state index contributed by atoms with van der Waals surface area (Å²) >= 11 is 1.78. The van der Waals surface area contributed by atoms with E-state index in [0.717, 1.165) is 23.2 Å². The van der Waals surface area contributed by atoms with Crippen molar-refractivity contribution >= 4 is 22.7 Å². The number of H-pyrrole nitrogens is 1. The maximum atomic E-state index is 5.52. The van der Waals surface area contributed by atoms with Gasteiger partial charge in [-0.05, 0) is 37.7 Å². The first kappa shape index (κ1) is 15.0. The summed E-state index contributed by atoms with van der Waals surface area (Å²) in [4.78, 5) is 5.79. The van der Waals surface area contributed by atoms with Crippen molar-refractivity contribution in [1.29, 1.82) is 0 Å². The molecule has 3 aromatic rings. The Bertz CT molecular complexity index is 795. The Morgan fingerprint density at radius 3 is 2.82 bits per heavy atom. The fourth-order valence-corrected chi connectivity index (χ4v) is 3.69. The minimum absolute atomic E-state index is 0.865. The van der Waals surface area contributed by atoms with E-state index in [-0.39, 0.29) is 0 Å². The summed E-state index contributed by atoms with van der Waals surface area (Å²) in [5, 5.41) is 4.39. The van der Waals surface area contributed by atoms with Gasteiger partial charge >= 0.3 is 0 Å². The molecule has 2 aromatic carbocycles. The number of rotatable bonds is 5. The van der Waals surface area contributed by atoms with E-state index in [1.165, 1.54) is 20.9 Å². The number of hydrogen-bond acceptors (Lipinski definition) is 3. The number of benzene rings is 2. The smallest absolute Gasteiger partial charge is 0.129 e. The van der Waals surface area contributed by atoms with Gasteiger partial charge in [0.25, 0.3) is 0 Å². The number of fused-ring (bicyclic) bond motifs is 1. The van der Waals surface area contributed by atoms with E-state index in [1.807, 2.05) is 19.2 Å². The molecule has 0 aliphatic carbocycles. The van der Waals surface area contributed by atoms with Gasteiger partial charge in [-0.25, -0.2) is 0 Å². The highest BCUT2D eigenvalue weighted by Gasteiger charge is 2.12.